The van der Waals surface area contributed by atoms with E-state index in [-0.39, 0.29) is 0 Å². The Kier molecular flexibility index (Phi) is 4.53. The number of aldehydes is 1. The van der Waals surface area contributed by atoms with Crippen molar-refractivity contribution in [1.29, 1.82) is 0 Å². The van der Waals surface area contributed by atoms with Gasteiger partial charge in [0.1, 0.15) is 11.5 Å². The molecule has 0 aliphatic carbocycles. The lowest BCUT2D eigenvalue weighted by Crippen LogP contribution is -1.95. The highest BCUT2D eigenvalue weighted by Gasteiger charge is 2.13. The van der Waals surface area contributed by atoms with E-state index in [0.717, 1.165) is 17.4 Å². The summed E-state index contributed by atoms with van der Waals surface area (Å²) in [5, 5.41) is 1.02. The number of hydrogen-bond donors (Lipinski definition) is 0. The van der Waals surface area contributed by atoms with E-state index < -0.39 is 0 Å². The summed E-state index contributed by atoms with van der Waals surface area (Å²) in [7, 11) is 3.04. The minimum atomic E-state index is 0.430. The van der Waals surface area contributed by atoms with Crippen molar-refractivity contribution in [2.24, 2.45) is 0 Å². The Morgan fingerprint density at radius 2 is 1.50 bits per heavy atom. The first-order valence-corrected chi connectivity index (χ1v) is 6.52. The summed E-state index contributed by atoms with van der Waals surface area (Å²) >= 11 is 12.0. The number of rotatable bonds is 4. The average Bonchev–Trinajstić information content (AvgIpc) is 2.44. The van der Waals surface area contributed by atoms with Crippen LogP contribution in [0.2, 0.25) is 10.0 Å². The second-order valence-corrected chi connectivity index (χ2v) is 4.94. The monoisotopic (exact) mass is 310 g/mol. The highest BCUT2D eigenvalue weighted by molar-refractivity contribution is 6.35. The summed E-state index contributed by atoms with van der Waals surface area (Å²) in [6.45, 7) is 0. The Morgan fingerprint density at radius 3 is 2.00 bits per heavy atom. The van der Waals surface area contributed by atoms with E-state index in [2.05, 4.69) is 0 Å². The minimum absolute atomic E-state index is 0.430. The van der Waals surface area contributed by atoms with E-state index in [1.807, 2.05) is 0 Å². The summed E-state index contributed by atoms with van der Waals surface area (Å²) in [4.78, 5) is 11.1. The van der Waals surface area contributed by atoms with E-state index in [0.29, 0.717) is 27.1 Å². The van der Waals surface area contributed by atoms with Crippen molar-refractivity contribution >= 4 is 29.5 Å². The molecule has 0 aliphatic heterocycles. The molecule has 2 aromatic carbocycles. The third kappa shape index (κ3) is 2.89. The van der Waals surface area contributed by atoms with Gasteiger partial charge in [0.15, 0.2) is 6.29 Å². The third-order valence-corrected chi connectivity index (χ3v) is 3.29. The quantitative estimate of drug-likeness (QED) is 0.780. The first-order valence-electron chi connectivity index (χ1n) is 5.76. The van der Waals surface area contributed by atoms with Gasteiger partial charge in [0.05, 0.1) is 19.8 Å². The second kappa shape index (κ2) is 6.16. The molecule has 0 bridgehead atoms. The van der Waals surface area contributed by atoms with Crippen molar-refractivity contribution in [3.8, 4) is 22.6 Å². The molecule has 0 amide bonds. The van der Waals surface area contributed by atoms with Crippen molar-refractivity contribution in [2.75, 3.05) is 14.2 Å². The molecule has 0 radical (unpaired) electrons. The molecule has 20 heavy (non-hydrogen) atoms. The summed E-state index contributed by atoms with van der Waals surface area (Å²) in [6, 6.07) is 8.50. The number of carbonyl (C=O) groups excluding carboxylic acids is 1. The second-order valence-electron chi connectivity index (χ2n) is 4.07. The summed E-state index contributed by atoms with van der Waals surface area (Å²) in [6.07, 6.45) is 0.730. The van der Waals surface area contributed by atoms with Gasteiger partial charge in [0.2, 0.25) is 0 Å². The molecule has 0 unspecified atom stereocenters. The largest absolute Gasteiger partial charge is 0.496 e. The van der Waals surface area contributed by atoms with Crippen molar-refractivity contribution in [3.63, 3.8) is 0 Å². The molecule has 5 heteroatoms. The van der Waals surface area contributed by atoms with Crippen LogP contribution in [0.3, 0.4) is 0 Å². The Balaban J connectivity index is 2.68. The van der Waals surface area contributed by atoms with Crippen LogP contribution in [0.5, 0.6) is 11.5 Å². The number of carbonyl (C=O) groups is 1. The molecule has 0 saturated heterocycles. The average molecular weight is 311 g/mol. The van der Waals surface area contributed by atoms with E-state index >= 15 is 0 Å². The van der Waals surface area contributed by atoms with Crippen molar-refractivity contribution in [2.45, 2.75) is 0 Å². The molecule has 3 nitrogen and oxygen atoms in total. The van der Waals surface area contributed by atoms with Crippen LogP contribution in [-0.2, 0) is 0 Å². The highest BCUT2D eigenvalue weighted by atomic mass is 35.5. The zero-order valence-electron chi connectivity index (χ0n) is 10.9. The van der Waals surface area contributed by atoms with Crippen molar-refractivity contribution in [3.05, 3.63) is 45.9 Å². The number of benzene rings is 2. The molecule has 0 spiro atoms. The van der Waals surface area contributed by atoms with Gasteiger partial charge < -0.3 is 9.47 Å². The molecular formula is C15H12Cl2O3. The maximum atomic E-state index is 11.1. The van der Waals surface area contributed by atoms with Gasteiger partial charge in [-0.2, -0.15) is 0 Å². The van der Waals surface area contributed by atoms with Gasteiger partial charge in [0, 0.05) is 21.7 Å². The summed E-state index contributed by atoms with van der Waals surface area (Å²) in [5.41, 5.74) is 1.92. The fourth-order valence-corrected chi connectivity index (χ4v) is 2.48. The SMILES string of the molecule is COc1cc(OC)c(-c2cc(Cl)cc(Cl)c2)cc1C=O. The number of methoxy groups -OCH3 is 2. The van der Waals surface area contributed by atoms with E-state index in [9.17, 15) is 4.79 Å². The molecule has 0 saturated carbocycles. The van der Waals surface area contributed by atoms with E-state index in [4.69, 9.17) is 32.7 Å². The Morgan fingerprint density at radius 1 is 0.900 bits per heavy atom. The number of hydrogen-bond acceptors (Lipinski definition) is 3. The maximum Gasteiger partial charge on any atom is 0.153 e. The predicted octanol–water partition coefficient (Wildman–Crippen LogP) is 4.49. The molecule has 104 valence electrons. The minimum Gasteiger partial charge on any atom is -0.496 e. The molecule has 0 heterocycles. The molecule has 2 aromatic rings. The lowest BCUT2D eigenvalue weighted by Gasteiger charge is -2.13. The van der Waals surface area contributed by atoms with Gasteiger partial charge in [-0.05, 0) is 29.8 Å². The van der Waals surface area contributed by atoms with Gasteiger partial charge in [-0.1, -0.05) is 23.2 Å². The predicted molar refractivity (Wildman–Crippen MR) is 80.4 cm³/mol. The molecule has 0 aliphatic rings. The summed E-state index contributed by atoms with van der Waals surface area (Å²) in [5.74, 6) is 1.03. The van der Waals surface area contributed by atoms with E-state index in [1.54, 1.807) is 37.4 Å². The lowest BCUT2D eigenvalue weighted by molar-refractivity contribution is 0.112. The van der Waals surface area contributed by atoms with Crippen molar-refractivity contribution < 1.29 is 14.3 Å². The first-order chi connectivity index (χ1) is 9.58. The summed E-state index contributed by atoms with van der Waals surface area (Å²) < 4.78 is 10.5. The zero-order valence-corrected chi connectivity index (χ0v) is 12.5. The number of ether oxygens (including phenoxy) is 2. The van der Waals surface area contributed by atoms with Crippen LogP contribution in [0.25, 0.3) is 11.1 Å². The van der Waals surface area contributed by atoms with Gasteiger partial charge in [-0.25, -0.2) is 0 Å². The third-order valence-electron chi connectivity index (χ3n) is 2.85. The van der Waals surface area contributed by atoms with Gasteiger partial charge in [-0.15, -0.1) is 0 Å². The van der Waals surface area contributed by atoms with Crippen molar-refractivity contribution in [1.82, 2.24) is 0 Å². The van der Waals surface area contributed by atoms with E-state index in [1.165, 1.54) is 7.11 Å². The molecular weight excluding hydrogens is 299 g/mol. The number of halogens is 2. The fourth-order valence-electron chi connectivity index (χ4n) is 1.95. The maximum absolute atomic E-state index is 11.1. The van der Waals surface area contributed by atoms with Crippen LogP contribution in [0, 0.1) is 0 Å². The van der Waals surface area contributed by atoms with Crippen LogP contribution in [0.1, 0.15) is 10.4 Å². The normalized spacial score (nSPS) is 10.2. The molecule has 0 aromatic heterocycles. The lowest BCUT2D eigenvalue weighted by atomic mass is 10.0. The van der Waals surface area contributed by atoms with Crippen LogP contribution in [0.4, 0.5) is 0 Å². The Labute approximate surface area is 127 Å². The van der Waals surface area contributed by atoms with Crippen LogP contribution >= 0.6 is 23.2 Å². The first kappa shape index (κ1) is 14.7. The van der Waals surface area contributed by atoms with Crippen LogP contribution in [0.15, 0.2) is 30.3 Å². The topological polar surface area (TPSA) is 35.5 Å². The standard InChI is InChI=1S/C15H12Cl2O3/c1-19-14-7-15(20-2)13(5-10(14)8-18)9-3-11(16)6-12(17)4-9/h3-8H,1-2H3. The van der Waals surface area contributed by atoms with Gasteiger partial charge in [-0.3, -0.25) is 4.79 Å². The van der Waals surface area contributed by atoms with Crippen LogP contribution in [-0.4, -0.2) is 20.5 Å². The molecule has 0 fully saturated rings. The zero-order chi connectivity index (χ0) is 14.7. The van der Waals surface area contributed by atoms with Gasteiger partial charge >= 0.3 is 0 Å². The molecule has 2 rings (SSSR count). The smallest absolute Gasteiger partial charge is 0.153 e. The van der Waals surface area contributed by atoms with Gasteiger partial charge in [0.25, 0.3) is 0 Å². The van der Waals surface area contributed by atoms with Crippen LogP contribution < -0.4 is 9.47 Å². The molecule has 0 N–H and O–H groups in total. The Hall–Kier alpha value is -1.71. The highest BCUT2D eigenvalue weighted by Crippen LogP contribution is 2.37. The fraction of sp³-hybridized carbons (Fsp3) is 0.133. The Bertz CT molecular complexity index is 634. The molecule has 0 atom stereocenters.